The van der Waals surface area contributed by atoms with Gasteiger partial charge in [-0.1, -0.05) is 23.2 Å². The molecule has 7 heteroatoms. The van der Waals surface area contributed by atoms with Gasteiger partial charge in [-0.3, -0.25) is 9.59 Å². The summed E-state index contributed by atoms with van der Waals surface area (Å²) in [7, 11) is 0. The van der Waals surface area contributed by atoms with Crippen LogP contribution >= 0.6 is 23.2 Å². The molecule has 4 atom stereocenters. The number of hydrogen-bond acceptors (Lipinski definition) is 3. The quantitative estimate of drug-likeness (QED) is 0.800. The normalized spacial score (nSPS) is 36.0. The molecule has 2 N–H and O–H groups in total. The van der Waals surface area contributed by atoms with Crippen LogP contribution in [0.2, 0.25) is 10.0 Å². The summed E-state index contributed by atoms with van der Waals surface area (Å²) in [6, 6.07) is 3.81. The molecule has 0 aromatic heterocycles. The molecule has 3 saturated heterocycles. The predicted octanol–water partition coefficient (Wildman–Crippen LogP) is 2.02. The van der Waals surface area contributed by atoms with Gasteiger partial charge in [0, 0.05) is 24.8 Å². The molecule has 2 amide bonds. The number of rotatable bonds is 1. The van der Waals surface area contributed by atoms with Crippen molar-refractivity contribution in [3.8, 4) is 0 Å². The Hall–Kier alpha value is -1.30. The molecule has 2 bridgehead atoms. The first-order chi connectivity index (χ1) is 11.5. The summed E-state index contributed by atoms with van der Waals surface area (Å²) in [5, 5.41) is 7.17. The van der Waals surface area contributed by atoms with Gasteiger partial charge in [-0.05, 0) is 43.0 Å². The van der Waals surface area contributed by atoms with E-state index < -0.39 is 5.41 Å². The minimum absolute atomic E-state index is 0.0548. The van der Waals surface area contributed by atoms with E-state index in [0.29, 0.717) is 47.2 Å². The van der Waals surface area contributed by atoms with Crippen molar-refractivity contribution in [3.05, 3.63) is 27.7 Å². The van der Waals surface area contributed by atoms with Gasteiger partial charge >= 0.3 is 0 Å². The highest BCUT2D eigenvalue weighted by Crippen LogP contribution is 2.48. The third-order valence-electron chi connectivity index (χ3n) is 6.27. The lowest BCUT2D eigenvalue weighted by Crippen LogP contribution is -2.49. The molecule has 3 unspecified atom stereocenters. The summed E-state index contributed by atoms with van der Waals surface area (Å²) < 4.78 is 0. The monoisotopic (exact) mass is 365 g/mol. The first-order valence-corrected chi connectivity index (χ1v) is 9.08. The molecule has 126 valence electrons. The molecular weight excluding hydrogens is 349 g/mol. The van der Waals surface area contributed by atoms with Gasteiger partial charge in [-0.25, -0.2) is 0 Å². The van der Waals surface area contributed by atoms with Gasteiger partial charge in [0.15, 0.2) is 0 Å². The van der Waals surface area contributed by atoms with Crippen molar-refractivity contribution in [2.45, 2.75) is 24.3 Å². The number of carbonyl (C=O) groups is 2. The Bertz CT molecular complexity index is 769. The van der Waals surface area contributed by atoms with Crippen molar-refractivity contribution in [2.75, 3.05) is 25.0 Å². The highest BCUT2D eigenvalue weighted by Gasteiger charge is 2.56. The smallest absolute Gasteiger partial charge is 0.237 e. The molecule has 1 aromatic carbocycles. The Morgan fingerprint density at radius 3 is 2.79 bits per heavy atom. The van der Waals surface area contributed by atoms with Crippen LogP contribution in [0.25, 0.3) is 0 Å². The maximum atomic E-state index is 12.9. The summed E-state index contributed by atoms with van der Waals surface area (Å²) in [6.45, 7) is 1.98. The lowest BCUT2D eigenvalue weighted by molar-refractivity contribution is -0.139. The lowest BCUT2D eigenvalue weighted by atomic mass is 9.73. The minimum atomic E-state index is -0.685. The lowest BCUT2D eigenvalue weighted by Gasteiger charge is -2.36. The minimum Gasteiger partial charge on any atom is -0.341 e. The van der Waals surface area contributed by atoms with Gasteiger partial charge in [0.1, 0.15) is 0 Å². The van der Waals surface area contributed by atoms with E-state index in [2.05, 4.69) is 10.6 Å². The van der Waals surface area contributed by atoms with Gasteiger partial charge in [0.25, 0.3) is 0 Å². The molecule has 4 heterocycles. The molecule has 24 heavy (non-hydrogen) atoms. The average Bonchev–Trinajstić information content (AvgIpc) is 3.27. The first kappa shape index (κ1) is 15.0. The summed E-state index contributed by atoms with van der Waals surface area (Å²) >= 11 is 12.2. The van der Waals surface area contributed by atoms with E-state index in [1.807, 2.05) is 4.90 Å². The zero-order valence-electron chi connectivity index (χ0n) is 12.9. The molecule has 1 spiro atoms. The number of carbonyl (C=O) groups excluding carboxylic acids is 2. The molecular formula is C17H17Cl2N3O2. The zero-order chi connectivity index (χ0) is 16.6. The summed E-state index contributed by atoms with van der Waals surface area (Å²) in [5.41, 5.74) is 0.899. The van der Waals surface area contributed by atoms with Crippen LogP contribution in [0.4, 0.5) is 5.69 Å². The second kappa shape index (κ2) is 4.87. The number of benzene rings is 1. The Balaban J connectivity index is 1.45. The molecule has 4 aliphatic heterocycles. The number of fused-ring (bicyclic) bond motifs is 3. The van der Waals surface area contributed by atoms with E-state index in [1.165, 1.54) is 0 Å². The molecule has 1 saturated carbocycles. The van der Waals surface area contributed by atoms with Crippen LogP contribution in [0.5, 0.6) is 0 Å². The number of anilines is 1. The Labute approximate surface area is 149 Å². The van der Waals surface area contributed by atoms with Gasteiger partial charge in [0.2, 0.25) is 11.8 Å². The van der Waals surface area contributed by atoms with Gasteiger partial charge in [0.05, 0.1) is 21.4 Å². The molecule has 1 aliphatic carbocycles. The van der Waals surface area contributed by atoms with Gasteiger partial charge in [-0.2, -0.15) is 0 Å². The van der Waals surface area contributed by atoms with Crippen LogP contribution in [0, 0.1) is 11.8 Å². The van der Waals surface area contributed by atoms with Gasteiger partial charge in [-0.15, -0.1) is 0 Å². The maximum absolute atomic E-state index is 12.9. The highest BCUT2D eigenvalue weighted by molar-refractivity contribution is 6.42. The van der Waals surface area contributed by atoms with Crippen molar-refractivity contribution in [1.29, 1.82) is 0 Å². The van der Waals surface area contributed by atoms with Crippen molar-refractivity contribution in [3.63, 3.8) is 0 Å². The van der Waals surface area contributed by atoms with Crippen LogP contribution in [0.1, 0.15) is 18.4 Å². The summed E-state index contributed by atoms with van der Waals surface area (Å²) in [5.74, 6) is 0.704. The molecule has 5 aliphatic rings. The number of nitrogens with zero attached hydrogens (tertiary/aromatic N) is 1. The van der Waals surface area contributed by atoms with E-state index in [9.17, 15) is 9.59 Å². The third-order valence-corrected chi connectivity index (χ3v) is 6.99. The summed E-state index contributed by atoms with van der Waals surface area (Å²) in [6.07, 6.45) is 1.73. The first-order valence-electron chi connectivity index (χ1n) is 8.33. The third kappa shape index (κ3) is 1.81. The molecule has 4 fully saturated rings. The second-order valence-electron chi connectivity index (χ2n) is 7.39. The van der Waals surface area contributed by atoms with Crippen LogP contribution in [-0.2, 0) is 15.0 Å². The van der Waals surface area contributed by atoms with Crippen LogP contribution in [0.3, 0.4) is 0 Å². The fraction of sp³-hybridized carbons (Fsp3) is 0.529. The number of likely N-dealkylation sites (tertiary alicyclic amines) is 1. The highest BCUT2D eigenvalue weighted by atomic mass is 35.5. The fourth-order valence-electron chi connectivity index (χ4n) is 4.87. The van der Waals surface area contributed by atoms with E-state index in [0.717, 1.165) is 18.5 Å². The topological polar surface area (TPSA) is 61.4 Å². The average molecular weight is 366 g/mol. The Morgan fingerprint density at radius 1 is 1.29 bits per heavy atom. The largest absolute Gasteiger partial charge is 0.341 e. The molecule has 6 rings (SSSR count). The fourth-order valence-corrected chi connectivity index (χ4v) is 5.20. The zero-order valence-corrected chi connectivity index (χ0v) is 14.5. The Kier molecular flexibility index (Phi) is 3.04. The number of halogens is 2. The second-order valence-corrected chi connectivity index (χ2v) is 8.21. The predicted molar refractivity (Wildman–Crippen MR) is 91.4 cm³/mol. The Morgan fingerprint density at radius 2 is 2.08 bits per heavy atom. The standard InChI is InChI=1S/C17H17Cl2N3O2/c18-10-4-9-12(5-11(10)19)21-16(24)17(9)1-2-22(7-17)15(23)14-8-3-13(14)20-6-8/h4-5,8,13-14,20H,1-3,6-7H2,(H,21,24)/t8?,13?,14?,17-/m1/s1. The van der Waals surface area contributed by atoms with E-state index >= 15 is 0 Å². The van der Waals surface area contributed by atoms with Crippen molar-refractivity contribution >= 4 is 40.7 Å². The maximum Gasteiger partial charge on any atom is 0.237 e. The molecule has 0 radical (unpaired) electrons. The summed E-state index contributed by atoms with van der Waals surface area (Å²) in [4.78, 5) is 27.4. The number of nitrogens with one attached hydrogen (secondary N) is 2. The van der Waals surface area contributed by atoms with E-state index in [-0.39, 0.29) is 17.7 Å². The van der Waals surface area contributed by atoms with Crippen molar-refractivity contribution < 1.29 is 9.59 Å². The van der Waals surface area contributed by atoms with E-state index in [4.69, 9.17) is 23.2 Å². The SMILES string of the molecule is O=C(C1C2CNC1C2)N1CC[C@]2(C1)C(=O)Nc1cc(Cl)c(Cl)cc12. The molecule has 1 aromatic rings. The molecule has 5 nitrogen and oxygen atoms in total. The van der Waals surface area contributed by atoms with Crippen molar-refractivity contribution in [2.24, 2.45) is 11.8 Å². The van der Waals surface area contributed by atoms with Crippen LogP contribution < -0.4 is 10.6 Å². The van der Waals surface area contributed by atoms with Crippen LogP contribution in [0.15, 0.2) is 12.1 Å². The van der Waals surface area contributed by atoms with Crippen molar-refractivity contribution in [1.82, 2.24) is 10.2 Å². The van der Waals surface area contributed by atoms with Gasteiger partial charge < -0.3 is 15.5 Å². The number of amides is 2. The number of hydrogen-bond donors (Lipinski definition) is 2. The van der Waals surface area contributed by atoms with E-state index in [1.54, 1.807) is 12.1 Å². The van der Waals surface area contributed by atoms with Crippen LogP contribution in [-0.4, -0.2) is 42.4 Å².